The molecule has 1 unspecified atom stereocenters. The highest BCUT2D eigenvalue weighted by Gasteiger charge is 2.33. The predicted octanol–water partition coefficient (Wildman–Crippen LogP) is 1.48. The number of hydrogen-bond acceptors (Lipinski definition) is 5. The van der Waals surface area contributed by atoms with Gasteiger partial charge in [-0.2, -0.15) is 0 Å². The summed E-state index contributed by atoms with van der Waals surface area (Å²) in [4.78, 5) is 12.1. The molecule has 1 aromatic rings. The van der Waals surface area contributed by atoms with Gasteiger partial charge in [-0.1, -0.05) is 11.6 Å². The zero-order chi connectivity index (χ0) is 15.0. The molecule has 114 valence electrons. The van der Waals surface area contributed by atoms with E-state index in [0.717, 1.165) is 0 Å². The summed E-state index contributed by atoms with van der Waals surface area (Å²) in [5, 5.41) is 3.00. The van der Waals surface area contributed by atoms with E-state index in [9.17, 15) is 13.2 Å². The van der Waals surface area contributed by atoms with Crippen molar-refractivity contribution in [3.05, 3.63) is 17.2 Å². The van der Waals surface area contributed by atoms with Crippen molar-refractivity contribution in [2.45, 2.75) is 6.42 Å². The average molecular weight is 332 g/mol. The first-order chi connectivity index (χ1) is 9.94. The van der Waals surface area contributed by atoms with Crippen LogP contribution in [0.5, 0.6) is 11.5 Å². The smallest absolute Gasteiger partial charge is 0.228 e. The van der Waals surface area contributed by atoms with Gasteiger partial charge >= 0.3 is 0 Å². The van der Waals surface area contributed by atoms with E-state index in [4.69, 9.17) is 21.1 Å². The lowest BCUT2D eigenvalue weighted by molar-refractivity contribution is -0.119. The number of fused-ring (bicyclic) bond motifs is 1. The maximum atomic E-state index is 12.1. The van der Waals surface area contributed by atoms with Crippen LogP contribution < -0.4 is 14.8 Å². The molecule has 21 heavy (non-hydrogen) atoms. The predicted molar refractivity (Wildman–Crippen MR) is 77.8 cm³/mol. The number of carbonyl (C=O) groups is 1. The molecule has 2 aliphatic rings. The van der Waals surface area contributed by atoms with Crippen molar-refractivity contribution in [3.8, 4) is 11.5 Å². The Morgan fingerprint density at radius 1 is 1.24 bits per heavy atom. The van der Waals surface area contributed by atoms with Crippen LogP contribution in [0.3, 0.4) is 0 Å². The molecule has 1 aromatic carbocycles. The van der Waals surface area contributed by atoms with E-state index in [1.165, 1.54) is 0 Å². The third-order valence-corrected chi connectivity index (χ3v) is 5.57. The van der Waals surface area contributed by atoms with Crippen molar-refractivity contribution < 1.29 is 22.7 Å². The molecule has 0 radical (unpaired) electrons. The molecule has 0 bridgehead atoms. The van der Waals surface area contributed by atoms with Crippen LogP contribution in [0.25, 0.3) is 0 Å². The Labute approximate surface area is 127 Å². The van der Waals surface area contributed by atoms with Gasteiger partial charge in [0, 0.05) is 12.1 Å². The highest BCUT2D eigenvalue weighted by molar-refractivity contribution is 7.91. The summed E-state index contributed by atoms with van der Waals surface area (Å²) in [5.41, 5.74) is 0.398. The Bertz CT molecular complexity index is 688. The van der Waals surface area contributed by atoms with E-state index in [0.29, 0.717) is 41.8 Å². The first-order valence-electron chi connectivity index (χ1n) is 6.55. The molecule has 6 nitrogen and oxygen atoms in total. The number of nitrogens with one attached hydrogen (secondary N) is 1. The Kier molecular flexibility index (Phi) is 3.71. The second kappa shape index (κ2) is 5.38. The van der Waals surface area contributed by atoms with Gasteiger partial charge in [0.15, 0.2) is 21.3 Å². The molecule has 0 aromatic heterocycles. The summed E-state index contributed by atoms with van der Waals surface area (Å²) in [5.74, 6) is 0.127. The molecule has 1 atom stereocenters. The molecular weight excluding hydrogens is 318 g/mol. The number of hydrogen-bond donors (Lipinski definition) is 1. The summed E-state index contributed by atoms with van der Waals surface area (Å²) in [6.07, 6.45) is 0.344. The Morgan fingerprint density at radius 2 is 1.90 bits per heavy atom. The summed E-state index contributed by atoms with van der Waals surface area (Å²) in [7, 11) is -3.10. The molecular formula is C13H14ClNO5S. The minimum atomic E-state index is -3.10. The highest BCUT2D eigenvalue weighted by atomic mass is 35.5. The van der Waals surface area contributed by atoms with Crippen molar-refractivity contribution in [2.75, 3.05) is 30.0 Å². The zero-order valence-corrected chi connectivity index (χ0v) is 12.7. The van der Waals surface area contributed by atoms with Crippen LogP contribution in [0.15, 0.2) is 12.1 Å². The zero-order valence-electron chi connectivity index (χ0n) is 11.1. The standard InChI is InChI=1S/C13H14ClNO5S/c14-9-5-11-12(20-3-2-19-11)6-10(9)15-13(16)8-1-4-21(17,18)7-8/h5-6,8H,1-4,7H2,(H,15,16). The van der Waals surface area contributed by atoms with Crippen molar-refractivity contribution >= 4 is 33.0 Å². The molecule has 1 N–H and O–H groups in total. The number of carbonyl (C=O) groups excluding carboxylic acids is 1. The van der Waals surface area contributed by atoms with Gasteiger partial charge in [0.1, 0.15) is 13.2 Å². The van der Waals surface area contributed by atoms with Crippen LogP contribution in [0, 0.1) is 5.92 Å². The number of halogens is 1. The molecule has 2 heterocycles. The van der Waals surface area contributed by atoms with Gasteiger partial charge in [0.25, 0.3) is 0 Å². The van der Waals surface area contributed by atoms with Gasteiger partial charge in [0.2, 0.25) is 5.91 Å². The summed E-state index contributed by atoms with van der Waals surface area (Å²) in [6.45, 7) is 0.887. The number of ether oxygens (including phenoxy) is 2. The number of rotatable bonds is 2. The molecule has 1 saturated heterocycles. The van der Waals surface area contributed by atoms with Crippen LogP contribution in [0.2, 0.25) is 5.02 Å². The van der Waals surface area contributed by atoms with Crippen molar-refractivity contribution in [3.63, 3.8) is 0 Å². The molecule has 1 fully saturated rings. The van der Waals surface area contributed by atoms with Gasteiger partial charge in [0.05, 0.1) is 28.1 Å². The monoisotopic (exact) mass is 331 g/mol. The van der Waals surface area contributed by atoms with Gasteiger partial charge < -0.3 is 14.8 Å². The van der Waals surface area contributed by atoms with Crippen LogP contribution >= 0.6 is 11.6 Å². The lowest BCUT2D eigenvalue weighted by Crippen LogP contribution is -2.24. The molecule has 2 aliphatic heterocycles. The lowest BCUT2D eigenvalue weighted by Gasteiger charge is -2.20. The van der Waals surface area contributed by atoms with Gasteiger partial charge in [-0.25, -0.2) is 8.42 Å². The number of sulfone groups is 1. The Balaban J connectivity index is 1.77. The summed E-state index contributed by atoms with van der Waals surface area (Å²) < 4.78 is 33.6. The number of benzene rings is 1. The third kappa shape index (κ3) is 3.08. The van der Waals surface area contributed by atoms with Gasteiger partial charge in [-0.15, -0.1) is 0 Å². The van der Waals surface area contributed by atoms with E-state index in [1.54, 1.807) is 12.1 Å². The molecule has 1 amide bonds. The van der Waals surface area contributed by atoms with E-state index in [-0.39, 0.29) is 17.4 Å². The first-order valence-corrected chi connectivity index (χ1v) is 8.75. The number of amides is 1. The molecule has 8 heteroatoms. The molecule has 0 saturated carbocycles. The van der Waals surface area contributed by atoms with Gasteiger partial charge in [-0.05, 0) is 6.42 Å². The quantitative estimate of drug-likeness (QED) is 0.887. The maximum absolute atomic E-state index is 12.1. The molecule has 0 aliphatic carbocycles. The summed E-state index contributed by atoms with van der Waals surface area (Å²) in [6, 6.07) is 3.18. The van der Waals surface area contributed by atoms with Crippen LogP contribution in [0.1, 0.15) is 6.42 Å². The fourth-order valence-electron chi connectivity index (χ4n) is 2.40. The van der Waals surface area contributed by atoms with Crippen molar-refractivity contribution in [1.82, 2.24) is 0 Å². The Hall–Kier alpha value is -1.47. The lowest BCUT2D eigenvalue weighted by atomic mass is 10.1. The van der Waals surface area contributed by atoms with Crippen molar-refractivity contribution in [1.29, 1.82) is 0 Å². The van der Waals surface area contributed by atoms with E-state index >= 15 is 0 Å². The topological polar surface area (TPSA) is 81.7 Å². The first kappa shape index (κ1) is 14.5. The number of anilines is 1. The largest absolute Gasteiger partial charge is 0.486 e. The van der Waals surface area contributed by atoms with Crippen molar-refractivity contribution in [2.24, 2.45) is 5.92 Å². The fourth-order valence-corrected chi connectivity index (χ4v) is 4.34. The minimum Gasteiger partial charge on any atom is -0.486 e. The summed E-state index contributed by atoms with van der Waals surface area (Å²) >= 11 is 6.10. The molecule has 3 rings (SSSR count). The fraction of sp³-hybridized carbons (Fsp3) is 0.462. The maximum Gasteiger partial charge on any atom is 0.228 e. The van der Waals surface area contributed by atoms with Crippen LogP contribution in [-0.2, 0) is 14.6 Å². The Morgan fingerprint density at radius 3 is 2.52 bits per heavy atom. The van der Waals surface area contributed by atoms with E-state index < -0.39 is 15.8 Å². The molecule has 0 spiro atoms. The average Bonchev–Trinajstić information content (AvgIpc) is 2.80. The van der Waals surface area contributed by atoms with E-state index in [2.05, 4.69) is 5.32 Å². The second-order valence-corrected chi connectivity index (χ2v) is 7.70. The van der Waals surface area contributed by atoms with Gasteiger partial charge in [-0.3, -0.25) is 4.79 Å². The third-order valence-electron chi connectivity index (χ3n) is 3.49. The normalized spacial score (nSPS) is 22.8. The minimum absolute atomic E-state index is 0.0555. The SMILES string of the molecule is O=C(Nc1cc2c(cc1Cl)OCCO2)C1CCS(=O)(=O)C1. The van der Waals surface area contributed by atoms with Crippen LogP contribution in [-0.4, -0.2) is 39.0 Å². The van der Waals surface area contributed by atoms with Crippen LogP contribution in [0.4, 0.5) is 5.69 Å². The van der Waals surface area contributed by atoms with E-state index in [1.807, 2.05) is 0 Å². The highest BCUT2D eigenvalue weighted by Crippen LogP contribution is 2.38. The second-order valence-electron chi connectivity index (χ2n) is 5.06.